The molecule has 0 spiro atoms. The van der Waals surface area contributed by atoms with E-state index in [2.05, 4.69) is 0 Å². The molecule has 226 valence electrons. The SMILES string of the molecule is COc1cc([C@@H]2c3cc4c(cc3[C@@H](O[C@@H]3O[C@@H]5CO[C@@H](C)O[C@H]5[C@H](O)[C@H]3O)[C@H]3COC(=O)[C@@H]23)OCO4)cc(OC)c1O. The van der Waals surface area contributed by atoms with Crippen LogP contribution in [0.5, 0.6) is 28.7 Å². The third kappa shape index (κ3) is 4.26. The van der Waals surface area contributed by atoms with Gasteiger partial charge in [0.2, 0.25) is 12.5 Å². The van der Waals surface area contributed by atoms with E-state index in [4.69, 9.17) is 42.6 Å². The van der Waals surface area contributed by atoms with E-state index in [0.717, 1.165) is 0 Å². The van der Waals surface area contributed by atoms with E-state index in [1.807, 2.05) is 0 Å². The highest BCUT2D eigenvalue weighted by atomic mass is 16.8. The van der Waals surface area contributed by atoms with Crippen LogP contribution in [-0.2, 0) is 28.5 Å². The van der Waals surface area contributed by atoms with Crippen molar-refractivity contribution in [1.29, 1.82) is 0 Å². The standard InChI is InChI=1S/C29H32O13/c1-11-36-9-20-27(40-11)24(31)25(32)29(41-20)42-26-14-7-17-16(38-10-39-17)6-13(14)21(22-15(26)8-37-28(22)33)12-4-18(34-2)23(30)19(5-12)35-3/h4-7,11,15,20-22,24-27,29-32H,8-10H2,1-3H3/t11-,15+,20-,21-,22-,24-,25-,26-,27-,29+/m1/s1. The predicted molar refractivity (Wildman–Crippen MR) is 138 cm³/mol. The van der Waals surface area contributed by atoms with E-state index < -0.39 is 66.8 Å². The highest BCUT2D eigenvalue weighted by Gasteiger charge is 2.56. The number of esters is 1. The number of hydrogen-bond donors (Lipinski definition) is 3. The van der Waals surface area contributed by atoms with Gasteiger partial charge in [0.25, 0.3) is 0 Å². The molecule has 10 atom stereocenters. The first-order chi connectivity index (χ1) is 20.3. The first-order valence-electron chi connectivity index (χ1n) is 13.8. The Morgan fingerprint density at radius 2 is 1.57 bits per heavy atom. The lowest BCUT2D eigenvalue weighted by Crippen LogP contribution is -2.63. The van der Waals surface area contributed by atoms with Crippen molar-refractivity contribution in [2.75, 3.05) is 34.2 Å². The Labute approximate surface area is 240 Å². The van der Waals surface area contributed by atoms with Crippen LogP contribution in [0, 0.1) is 11.8 Å². The van der Waals surface area contributed by atoms with Crippen LogP contribution >= 0.6 is 0 Å². The topological polar surface area (TPSA) is 161 Å². The van der Waals surface area contributed by atoms with Crippen LogP contribution in [-0.4, -0.2) is 92.5 Å². The second kappa shape index (κ2) is 10.4. The van der Waals surface area contributed by atoms with E-state index in [1.54, 1.807) is 31.2 Å². The van der Waals surface area contributed by atoms with Crippen molar-refractivity contribution in [3.63, 3.8) is 0 Å². The van der Waals surface area contributed by atoms with Crippen LogP contribution in [0.1, 0.15) is 35.6 Å². The Balaban J connectivity index is 1.32. The van der Waals surface area contributed by atoms with Crippen molar-refractivity contribution in [2.24, 2.45) is 11.8 Å². The maximum absolute atomic E-state index is 13.4. The highest BCUT2D eigenvalue weighted by Crippen LogP contribution is 2.57. The molecule has 0 bridgehead atoms. The molecule has 7 rings (SSSR count). The minimum atomic E-state index is -1.44. The van der Waals surface area contributed by atoms with Gasteiger partial charge in [0.05, 0.1) is 39.5 Å². The lowest BCUT2D eigenvalue weighted by atomic mass is 9.66. The maximum atomic E-state index is 13.4. The van der Waals surface area contributed by atoms with Gasteiger partial charge >= 0.3 is 5.97 Å². The summed E-state index contributed by atoms with van der Waals surface area (Å²) in [6.07, 6.45) is -6.80. The minimum Gasteiger partial charge on any atom is -0.502 e. The Bertz CT molecular complexity index is 1350. The normalized spacial score (nSPS) is 36.5. The molecule has 1 aliphatic carbocycles. The molecule has 42 heavy (non-hydrogen) atoms. The first-order valence-corrected chi connectivity index (χ1v) is 13.8. The number of ether oxygens (including phenoxy) is 9. The number of fused-ring (bicyclic) bond motifs is 4. The Hall–Kier alpha value is -3.33. The van der Waals surface area contributed by atoms with Gasteiger partial charge in [-0.05, 0) is 47.9 Å². The number of benzene rings is 2. The average Bonchev–Trinajstić information content (AvgIpc) is 3.61. The van der Waals surface area contributed by atoms with Gasteiger partial charge in [-0.2, -0.15) is 0 Å². The Morgan fingerprint density at radius 3 is 2.26 bits per heavy atom. The molecule has 2 aromatic rings. The molecular formula is C29H32O13. The van der Waals surface area contributed by atoms with E-state index in [0.29, 0.717) is 28.2 Å². The summed E-state index contributed by atoms with van der Waals surface area (Å²) in [6.45, 7) is 1.93. The molecule has 4 aliphatic heterocycles. The number of rotatable bonds is 5. The summed E-state index contributed by atoms with van der Waals surface area (Å²) < 4.78 is 51.5. The fourth-order valence-electron chi connectivity index (χ4n) is 6.74. The monoisotopic (exact) mass is 588 g/mol. The number of phenols is 1. The fourth-order valence-corrected chi connectivity index (χ4v) is 6.74. The van der Waals surface area contributed by atoms with Crippen LogP contribution in [0.2, 0.25) is 0 Å². The summed E-state index contributed by atoms with van der Waals surface area (Å²) in [5.74, 6) is -1.02. The quantitative estimate of drug-likeness (QED) is 0.430. The maximum Gasteiger partial charge on any atom is 0.310 e. The molecule has 0 radical (unpaired) electrons. The van der Waals surface area contributed by atoms with Gasteiger partial charge in [0, 0.05) is 11.8 Å². The molecule has 13 nitrogen and oxygen atoms in total. The number of methoxy groups -OCH3 is 2. The van der Waals surface area contributed by atoms with Crippen molar-refractivity contribution in [3.8, 4) is 28.7 Å². The lowest BCUT2D eigenvalue weighted by molar-refractivity contribution is -0.364. The zero-order valence-corrected chi connectivity index (χ0v) is 23.1. The van der Waals surface area contributed by atoms with Crippen molar-refractivity contribution < 1.29 is 62.7 Å². The zero-order valence-electron chi connectivity index (χ0n) is 23.1. The van der Waals surface area contributed by atoms with Crippen LogP contribution in [0.15, 0.2) is 24.3 Å². The molecule has 3 fully saturated rings. The van der Waals surface area contributed by atoms with Crippen molar-refractivity contribution >= 4 is 5.97 Å². The molecule has 2 aromatic carbocycles. The van der Waals surface area contributed by atoms with Crippen molar-refractivity contribution in [3.05, 3.63) is 41.0 Å². The van der Waals surface area contributed by atoms with Gasteiger partial charge < -0.3 is 58.0 Å². The van der Waals surface area contributed by atoms with Gasteiger partial charge in [0.15, 0.2) is 35.6 Å². The Kier molecular flexibility index (Phi) is 6.83. The number of phenolic OH excluding ortho intramolecular Hbond substituents is 1. The first kappa shape index (κ1) is 27.5. The number of aliphatic hydroxyl groups is 2. The summed E-state index contributed by atoms with van der Waals surface area (Å²) in [7, 11) is 2.86. The molecule has 0 saturated carbocycles. The van der Waals surface area contributed by atoms with Crippen LogP contribution < -0.4 is 18.9 Å². The molecule has 0 aromatic heterocycles. The summed E-state index contributed by atoms with van der Waals surface area (Å²) in [5, 5.41) is 32.5. The summed E-state index contributed by atoms with van der Waals surface area (Å²) in [6, 6.07) is 6.93. The van der Waals surface area contributed by atoms with Crippen LogP contribution in [0.4, 0.5) is 0 Å². The van der Waals surface area contributed by atoms with Gasteiger partial charge in [-0.1, -0.05) is 0 Å². The lowest BCUT2D eigenvalue weighted by Gasteiger charge is -2.47. The second-order valence-corrected chi connectivity index (χ2v) is 11.0. The summed E-state index contributed by atoms with van der Waals surface area (Å²) in [4.78, 5) is 13.4. The van der Waals surface area contributed by atoms with Gasteiger partial charge in [0.1, 0.15) is 24.4 Å². The van der Waals surface area contributed by atoms with Gasteiger partial charge in [-0.25, -0.2) is 0 Å². The molecule has 5 aliphatic rings. The third-order valence-electron chi connectivity index (χ3n) is 8.75. The smallest absolute Gasteiger partial charge is 0.310 e. The highest BCUT2D eigenvalue weighted by molar-refractivity contribution is 5.79. The molecule has 3 saturated heterocycles. The predicted octanol–water partition coefficient (Wildman–Crippen LogP) is 1.34. The number of aliphatic hydroxyl groups excluding tert-OH is 2. The molecular weight excluding hydrogens is 556 g/mol. The number of hydrogen-bond acceptors (Lipinski definition) is 13. The molecule has 3 N–H and O–H groups in total. The molecule has 0 unspecified atom stereocenters. The molecule has 13 heteroatoms. The fraction of sp³-hybridized carbons (Fsp3) is 0.552. The largest absolute Gasteiger partial charge is 0.502 e. The van der Waals surface area contributed by atoms with Crippen molar-refractivity contribution in [1.82, 2.24) is 0 Å². The van der Waals surface area contributed by atoms with Crippen molar-refractivity contribution in [2.45, 2.75) is 55.9 Å². The van der Waals surface area contributed by atoms with E-state index in [-0.39, 0.29) is 37.3 Å². The van der Waals surface area contributed by atoms with E-state index in [9.17, 15) is 20.1 Å². The number of carbonyl (C=O) groups is 1. The van der Waals surface area contributed by atoms with E-state index >= 15 is 0 Å². The molecule has 4 heterocycles. The van der Waals surface area contributed by atoms with Crippen LogP contribution in [0.3, 0.4) is 0 Å². The number of carbonyl (C=O) groups excluding carboxylic acids is 1. The molecule has 0 amide bonds. The Morgan fingerprint density at radius 1 is 0.881 bits per heavy atom. The second-order valence-electron chi connectivity index (χ2n) is 11.0. The van der Waals surface area contributed by atoms with E-state index in [1.165, 1.54) is 14.2 Å². The zero-order chi connectivity index (χ0) is 29.3. The third-order valence-corrected chi connectivity index (χ3v) is 8.75. The minimum absolute atomic E-state index is 0.0301. The average molecular weight is 589 g/mol. The summed E-state index contributed by atoms with van der Waals surface area (Å²) >= 11 is 0. The number of cyclic esters (lactones) is 1. The van der Waals surface area contributed by atoms with Crippen LogP contribution in [0.25, 0.3) is 0 Å². The number of aromatic hydroxyl groups is 1. The van der Waals surface area contributed by atoms with Gasteiger partial charge in [-0.15, -0.1) is 0 Å². The summed E-state index contributed by atoms with van der Waals surface area (Å²) in [5.41, 5.74) is 2.01. The van der Waals surface area contributed by atoms with Gasteiger partial charge in [-0.3, -0.25) is 4.79 Å².